The van der Waals surface area contributed by atoms with Gasteiger partial charge in [-0.1, -0.05) is 6.42 Å². The first kappa shape index (κ1) is 19.1. The van der Waals surface area contributed by atoms with Crippen molar-refractivity contribution in [2.45, 2.75) is 49.8 Å². The summed E-state index contributed by atoms with van der Waals surface area (Å²) < 4.78 is 29.0. The van der Waals surface area contributed by atoms with E-state index in [2.05, 4.69) is 10.4 Å². The van der Waals surface area contributed by atoms with Crippen molar-refractivity contribution in [3.05, 3.63) is 29.3 Å². The first-order valence-electron chi connectivity index (χ1n) is 8.80. The number of rotatable bonds is 6. The third-order valence-corrected chi connectivity index (χ3v) is 7.76. The summed E-state index contributed by atoms with van der Waals surface area (Å²) in [4.78, 5) is 13.0. The zero-order chi connectivity index (χ0) is 18.7. The molecule has 1 amide bonds. The molecule has 1 aliphatic heterocycles. The van der Waals surface area contributed by atoms with Crippen LogP contribution in [0, 0.1) is 0 Å². The van der Waals surface area contributed by atoms with Crippen LogP contribution in [0.1, 0.15) is 44.0 Å². The number of hydrogen-bond donors (Lipinski definition) is 1. The molecule has 0 unspecified atom stereocenters. The van der Waals surface area contributed by atoms with Gasteiger partial charge in [0.2, 0.25) is 5.91 Å². The first-order chi connectivity index (χ1) is 12.4. The SMILES string of the molecule is CC(C)n1nccc1NC(=O)Cc1ccc(S(=O)(=O)N2CCCCC2)s1. The minimum Gasteiger partial charge on any atom is -0.311 e. The molecule has 26 heavy (non-hydrogen) atoms. The second-order valence-corrected chi connectivity index (χ2v) is 10.00. The number of anilines is 1. The number of piperidine rings is 1. The first-order valence-corrected chi connectivity index (χ1v) is 11.1. The van der Waals surface area contributed by atoms with Gasteiger partial charge < -0.3 is 5.32 Å². The average Bonchev–Trinajstić information content (AvgIpc) is 3.25. The fourth-order valence-electron chi connectivity index (χ4n) is 2.99. The van der Waals surface area contributed by atoms with Crippen molar-refractivity contribution >= 4 is 33.1 Å². The van der Waals surface area contributed by atoms with Crippen molar-refractivity contribution in [1.29, 1.82) is 0 Å². The lowest BCUT2D eigenvalue weighted by Gasteiger charge is -2.25. The lowest BCUT2D eigenvalue weighted by Crippen LogP contribution is -2.35. The van der Waals surface area contributed by atoms with E-state index >= 15 is 0 Å². The summed E-state index contributed by atoms with van der Waals surface area (Å²) in [5.41, 5.74) is 0. The molecular weight excluding hydrogens is 372 g/mol. The Labute approximate surface area is 158 Å². The van der Waals surface area contributed by atoms with Gasteiger partial charge in [0, 0.05) is 30.1 Å². The van der Waals surface area contributed by atoms with E-state index in [0.29, 0.717) is 23.1 Å². The smallest absolute Gasteiger partial charge is 0.252 e. The van der Waals surface area contributed by atoms with Crippen molar-refractivity contribution in [3.8, 4) is 0 Å². The Morgan fingerprint density at radius 1 is 1.23 bits per heavy atom. The number of hydrogen-bond acceptors (Lipinski definition) is 5. The fourth-order valence-corrected chi connectivity index (χ4v) is 6.02. The van der Waals surface area contributed by atoms with Gasteiger partial charge in [-0.25, -0.2) is 13.1 Å². The summed E-state index contributed by atoms with van der Waals surface area (Å²) in [5.74, 6) is 0.457. The van der Waals surface area contributed by atoms with Crippen LogP contribution in [0.3, 0.4) is 0 Å². The van der Waals surface area contributed by atoms with E-state index in [9.17, 15) is 13.2 Å². The van der Waals surface area contributed by atoms with E-state index in [0.717, 1.165) is 24.1 Å². The maximum Gasteiger partial charge on any atom is 0.252 e. The van der Waals surface area contributed by atoms with Gasteiger partial charge in [-0.15, -0.1) is 11.3 Å². The second-order valence-electron chi connectivity index (χ2n) is 6.67. The van der Waals surface area contributed by atoms with Crippen LogP contribution >= 0.6 is 11.3 Å². The third-order valence-electron chi connectivity index (χ3n) is 4.31. The summed E-state index contributed by atoms with van der Waals surface area (Å²) in [6.07, 6.45) is 4.68. The predicted octanol–water partition coefficient (Wildman–Crippen LogP) is 2.88. The lowest BCUT2D eigenvalue weighted by molar-refractivity contribution is -0.115. The molecule has 1 saturated heterocycles. The van der Waals surface area contributed by atoms with Crippen LogP contribution in [-0.4, -0.2) is 41.5 Å². The van der Waals surface area contributed by atoms with Gasteiger partial charge in [0.15, 0.2) is 0 Å². The molecule has 1 aliphatic rings. The molecule has 3 heterocycles. The Kier molecular flexibility index (Phi) is 5.79. The monoisotopic (exact) mass is 396 g/mol. The van der Waals surface area contributed by atoms with Crippen LogP contribution in [0.4, 0.5) is 5.82 Å². The Balaban J connectivity index is 1.66. The second kappa shape index (κ2) is 7.89. The molecule has 2 aromatic rings. The molecular formula is C17H24N4O3S2. The molecule has 0 bridgehead atoms. The molecule has 0 aromatic carbocycles. The molecule has 1 fully saturated rings. The Bertz CT molecular complexity index is 864. The fraction of sp³-hybridized carbons (Fsp3) is 0.529. The summed E-state index contributed by atoms with van der Waals surface area (Å²) in [7, 11) is -3.44. The van der Waals surface area contributed by atoms with E-state index in [-0.39, 0.29) is 18.4 Å². The Morgan fingerprint density at radius 3 is 2.65 bits per heavy atom. The molecule has 0 aliphatic carbocycles. The highest BCUT2D eigenvalue weighted by Gasteiger charge is 2.27. The molecule has 0 atom stereocenters. The van der Waals surface area contributed by atoms with Crippen molar-refractivity contribution in [2.24, 2.45) is 0 Å². The number of nitrogens with zero attached hydrogens (tertiary/aromatic N) is 3. The molecule has 0 saturated carbocycles. The van der Waals surface area contributed by atoms with Crippen molar-refractivity contribution in [1.82, 2.24) is 14.1 Å². The Morgan fingerprint density at radius 2 is 1.96 bits per heavy atom. The van der Waals surface area contributed by atoms with Gasteiger partial charge >= 0.3 is 0 Å². The number of aromatic nitrogens is 2. The van der Waals surface area contributed by atoms with Crippen LogP contribution in [-0.2, 0) is 21.2 Å². The van der Waals surface area contributed by atoms with Gasteiger partial charge in [-0.2, -0.15) is 9.40 Å². The topological polar surface area (TPSA) is 84.3 Å². The maximum atomic E-state index is 12.7. The molecule has 0 spiro atoms. The van der Waals surface area contributed by atoms with Crippen molar-refractivity contribution < 1.29 is 13.2 Å². The molecule has 0 radical (unpaired) electrons. The predicted molar refractivity (Wildman–Crippen MR) is 102 cm³/mol. The number of thiophene rings is 1. The minimum absolute atomic E-state index is 0.142. The number of nitrogens with one attached hydrogen (secondary N) is 1. The Hall–Kier alpha value is -1.71. The number of carbonyl (C=O) groups excluding carboxylic acids is 1. The molecule has 142 valence electrons. The van der Waals surface area contributed by atoms with Crippen LogP contribution in [0.5, 0.6) is 0 Å². The van der Waals surface area contributed by atoms with Gasteiger partial charge in [0.1, 0.15) is 10.0 Å². The largest absolute Gasteiger partial charge is 0.311 e. The quantitative estimate of drug-likeness (QED) is 0.814. The summed E-state index contributed by atoms with van der Waals surface area (Å²) in [6, 6.07) is 5.22. The van der Waals surface area contributed by atoms with E-state index in [1.807, 2.05) is 13.8 Å². The lowest BCUT2D eigenvalue weighted by atomic mass is 10.2. The summed E-state index contributed by atoms with van der Waals surface area (Å²) in [6.45, 7) is 5.13. The normalized spacial score (nSPS) is 16.1. The van der Waals surface area contributed by atoms with Crippen LogP contribution in [0.2, 0.25) is 0 Å². The highest BCUT2D eigenvalue weighted by atomic mass is 32.2. The zero-order valence-electron chi connectivity index (χ0n) is 15.0. The van der Waals surface area contributed by atoms with E-state index in [1.165, 1.54) is 11.3 Å². The zero-order valence-corrected chi connectivity index (χ0v) is 16.6. The summed E-state index contributed by atoms with van der Waals surface area (Å²) >= 11 is 1.17. The van der Waals surface area contributed by atoms with Crippen LogP contribution in [0.25, 0.3) is 0 Å². The number of amides is 1. The molecule has 7 nitrogen and oxygen atoms in total. The van der Waals surface area contributed by atoms with E-state index in [4.69, 9.17) is 0 Å². The molecule has 3 rings (SSSR count). The highest BCUT2D eigenvalue weighted by Crippen LogP contribution is 2.27. The van der Waals surface area contributed by atoms with Crippen molar-refractivity contribution in [3.63, 3.8) is 0 Å². The number of carbonyl (C=O) groups is 1. The van der Waals surface area contributed by atoms with Crippen LogP contribution in [0.15, 0.2) is 28.6 Å². The number of sulfonamides is 1. The van der Waals surface area contributed by atoms with Crippen molar-refractivity contribution in [2.75, 3.05) is 18.4 Å². The highest BCUT2D eigenvalue weighted by molar-refractivity contribution is 7.91. The third kappa shape index (κ3) is 4.16. The van der Waals surface area contributed by atoms with Gasteiger partial charge in [0.05, 0.1) is 12.6 Å². The van der Waals surface area contributed by atoms with Crippen LogP contribution < -0.4 is 5.32 Å². The average molecular weight is 397 g/mol. The summed E-state index contributed by atoms with van der Waals surface area (Å²) in [5, 5.41) is 7.02. The van der Waals surface area contributed by atoms with Gasteiger partial charge in [-0.05, 0) is 38.8 Å². The van der Waals surface area contributed by atoms with E-state index < -0.39 is 10.0 Å². The standard InChI is InChI=1S/C17H24N4O3S2/c1-13(2)21-15(8-9-18-21)19-16(22)12-14-6-7-17(25-14)26(23,24)20-10-4-3-5-11-20/h6-9,13H,3-5,10-12H2,1-2H3,(H,19,22). The van der Waals surface area contributed by atoms with E-state index in [1.54, 1.807) is 33.4 Å². The molecule has 2 aromatic heterocycles. The minimum atomic E-state index is -3.44. The molecule has 9 heteroatoms. The maximum absolute atomic E-state index is 12.7. The van der Waals surface area contributed by atoms with Gasteiger partial charge in [0.25, 0.3) is 10.0 Å². The van der Waals surface area contributed by atoms with Gasteiger partial charge in [-0.3, -0.25) is 4.79 Å². The molecule has 1 N–H and O–H groups in total.